The molecule has 9 heteroatoms. The molecule has 0 saturated heterocycles. The molecule has 7 nitrogen and oxygen atoms in total. The standard InChI is InChI=1S/C18H22N2O5S2/c1-12(2)19-18(21)25-16-11-20(10-13-8-9-26-17(13)16)27(22,23)15-6-4-14(24-3)5-7-15/h4-9,12,16H,10-11H2,1-3H3,(H,19,21). The second kappa shape index (κ2) is 7.87. The number of carbonyl (C=O) groups excluding carboxylic acids is 1. The smallest absolute Gasteiger partial charge is 0.408 e. The molecule has 1 atom stereocenters. The monoisotopic (exact) mass is 410 g/mol. The van der Waals surface area contributed by atoms with Crippen molar-refractivity contribution in [3.8, 4) is 5.75 Å². The van der Waals surface area contributed by atoms with Crippen LogP contribution in [0.1, 0.15) is 30.4 Å². The minimum Gasteiger partial charge on any atom is -0.497 e. The third-order valence-corrected chi connectivity index (χ3v) is 7.02. The predicted molar refractivity (Wildman–Crippen MR) is 102 cm³/mol. The van der Waals surface area contributed by atoms with E-state index in [1.165, 1.54) is 34.9 Å². The van der Waals surface area contributed by atoms with Gasteiger partial charge in [0.05, 0.1) is 23.4 Å². The molecule has 1 aromatic heterocycles. The first-order valence-corrected chi connectivity index (χ1v) is 10.8. The van der Waals surface area contributed by atoms with Crippen LogP contribution in [0.15, 0.2) is 40.6 Å². The Hall–Kier alpha value is -2.10. The molecule has 3 rings (SSSR count). The van der Waals surface area contributed by atoms with E-state index in [0.717, 1.165) is 10.4 Å². The molecule has 1 N–H and O–H groups in total. The molecular formula is C18H22N2O5S2. The number of methoxy groups -OCH3 is 1. The number of hydrogen-bond acceptors (Lipinski definition) is 6. The summed E-state index contributed by atoms with van der Waals surface area (Å²) in [5.74, 6) is 0.583. The molecule has 0 aliphatic carbocycles. The van der Waals surface area contributed by atoms with Crippen molar-refractivity contribution >= 4 is 27.5 Å². The second-order valence-electron chi connectivity index (χ2n) is 6.48. The van der Waals surface area contributed by atoms with Gasteiger partial charge in [0.25, 0.3) is 0 Å². The number of ether oxygens (including phenoxy) is 2. The van der Waals surface area contributed by atoms with Gasteiger partial charge in [-0.15, -0.1) is 11.3 Å². The van der Waals surface area contributed by atoms with Gasteiger partial charge in [-0.2, -0.15) is 4.31 Å². The van der Waals surface area contributed by atoms with Crippen LogP contribution in [0.3, 0.4) is 0 Å². The van der Waals surface area contributed by atoms with E-state index in [0.29, 0.717) is 5.75 Å². The van der Waals surface area contributed by atoms with Gasteiger partial charge in [0.1, 0.15) is 5.75 Å². The maximum absolute atomic E-state index is 13.1. The Kier molecular flexibility index (Phi) is 5.73. The number of thiophene rings is 1. The second-order valence-corrected chi connectivity index (χ2v) is 9.36. The van der Waals surface area contributed by atoms with Crippen molar-refractivity contribution in [3.05, 3.63) is 46.2 Å². The summed E-state index contributed by atoms with van der Waals surface area (Å²) in [4.78, 5) is 13.1. The van der Waals surface area contributed by atoms with Gasteiger partial charge in [0.2, 0.25) is 10.0 Å². The summed E-state index contributed by atoms with van der Waals surface area (Å²) in [5.41, 5.74) is 0.852. The van der Waals surface area contributed by atoms with Gasteiger partial charge in [-0.05, 0) is 55.1 Å². The number of carbonyl (C=O) groups is 1. The van der Waals surface area contributed by atoms with Crippen LogP contribution in [-0.2, 0) is 21.3 Å². The van der Waals surface area contributed by atoms with Gasteiger partial charge in [-0.1, -0.05) is 0 Å². The third-order valence-electron chi connectivity index (χ3n) is 4.14. The molecule has 0 fully saturated rings. The van der Waals surface area contributed by atoms with Crippen molar-refractivity contribution < 1.29 is 22.7 Å². The molecule has 0 bridgehead atoms. The fraction of sp³-hybridized carbons (Fsp3) is 0.389. The summed E-state index contributed by atoms with van der Waals surface area (Å²) in [6.07, 6.45) is -1.20. The first kappa shape index (κ1) is 19.7. The lowest BCUT2D eigenvalue weighted by atomic mass is 10.1. The fourth-order valence-corrected chi connectivity index (χ4v) is 5.21. The fourth-order valence-electron chi connectivity index (χ4n) is 2.85. The van der Waals surface area contributed by atoms with Crippen molar-refractivity contribution in [2.75, 3.05) is 13.7 Å². The zero-order chi connectivity index (χ0) is 19.6. The Bertz CT molecular complexity index is 906. The van der Waals surface area contributed by atoms with E-state index in [-0.39, 0.29) is 24.0 Å². The van der Waals surface area contributed by atoms with E-state index in [9.17, 15) is 13.2 Å². The molecule has 146 valence electrons. The Labute approximate surface area is 163 Å². The minimum atomic E-state index is -3.73. The maximum atomic E-state index is 13.1. The highest BCUT2D eigenvalue weighted by Crippen LogP contribution is 2.36. The van der Waals surface area contributed by atoms with Crippen molar-refractivity contribution in [3.63, 3.8) is 0 Å². The van der Waals surface area contributed by atoms with E-state index >= 15 is 0 Å². The molecule has 1 aliphatic rings. The number of nitrogens with zero attached hydrogens (tertiary/aromatic N) is 1. The molecule has 27 heavy (non-hydrogen) atoms. The summed E-state index contributed by atoms with van der Waals surface area (Å²) in [5, 5.41) is 4.55. The number of benzene rings is 1. The minimum absolute atomic E-state index is 0.0666. The first-order valence-electron chi connectivity index (χ1n) is 8.49. The molecule has 0 spiro atoms. The van der Waals surface area contributed by atoms with Gasteiger partial charge >= 0.3 is 6.09 Å². The molecule has 1 unspecified atom stereocenters. The van der Waals surface area contributed by atoms with Crippen LogP contribution in [0.2, 0.25) is 0 Å². The van der Waals surface area contributed by atoms with E-state index in [1.807, 2.05) is 25.3 Å². The lowest BCUT2D eigenvalue weighted by Gasteiger charge is -2.31. The number of hydrogen-bond donors (Lipinski definition) is 1. The first-order chi connectivity index (χ1) is 12.8. The molecule has 1 aliphatic heterocycles. The average Bonchev–Trinajstić information content (AvgIpc) is 3.10. The van der Waals surface area contributed by atoms with Crippen molar-refractivity contribution in [1.29, 1.82) is 0 Å². The van der Waals surface area contributed by atoms with Gasteiger partial charge in [0, 0.05) is 12.6 Å². The summed E-state index contributed by atoms with van der Waals surface area (Å²) in [6, 6.07) is 8.04. The third kappa shape index (κ3) is 4.26. The van der Waals surface area contributed by atoms with E-state index in [4.69, 9.17) is 9.47 Å². The highest BCUT2D eigenvalue weighted by Gasteiger charge is 2.36. The SMILES string of the molecule is COc1ccc(S(=O)(=O)N2Cc3ccsc3C(OC(=O)NC(C)C)C2)cc1. The summed E-state index contributed by atoms with van der Waals surface area (Å²) >= 11 is 1.46. The van der Waals surface area contributed by atoms with E-state index in [1.54, 1.807) is 12.1 Å². The van der Waals surface area contributed by atoms with Crippen LogP contribution in [0, 0.1) is 0 Å². The summed E-state index contributed by atoms with van der Waals surface area (Å²) < 4.78 is 38.1. The molecule has 0 radical (unpaired) electrons. The maximum Gasteiger partial charge on any atom is 0.408 e. The molecule has 1 amide bonds. The van der Waals surface area contributed by atoms with Crippen LogP contribution >= 0.6 is 11.3 Å². The lowest BCUT2D eigenvalue weighted by Crippen LogP contribution is -2.40. The normalized spacial score (nSPS) is 17.4. The molecular weight excluding hydrogens is 388 g/mol. The van der Waals surface area contributed by atoms with Gasteiger partial charge in [-0.25, -0.2) is 13.2 Å². The molecule has 0 saturated carbocycles. The van der Waals surface area contributed by atoms with E-state index in [2.05, 4.69) is 5.32 Å². The van der Waals surface area contributed by atoms with Crippen molar-refractivity contribution in [1.82, 2.24) is 9.62 Å². The Balaban J connectivity index is 1.85. The van der Waals surface area contributed by atoms with E-state index < -0.39 is 22.2 Å². The number of rotatable bonds is 5. The van der Waals surface area contributed by atoms with Crippen molar-refractivity contribution in [2.24, 2.45) is 0 Å². The summed E-state index contributed by atoms with van der Waals surface area (Å²) in [6.45, 7) is 3.99. The van der Waals surface area contributed by atoms with Crippen LogP contribution in [0.5, 0.6) is 5.75 Å². The Morgan fingerprint density at radius 1 is 1.26 bits per heavy atom. The molecule has 2 aromatic rings. The zero-order valence-electron chi connectivity index (χ0n) is 15.3. The highest BCUT2D eigenvalue weighted by molar-refractivity contribution is 7.89. The number of sulfonamides is 1. The van der Waals surface area contributed by atoms with Crippen LogP contribution in [0.4, 0.5) is 4.79 Å². The molecule has 2 heterocycles. The van der Waals surface area contributed by atoms with Gasteiger partial charge in [-0.3, -0.25) is 0 Å². The molecule has 1 aromatic carbocycles. The van der Waals surface area contributed by atoms with Crippen LogP contribution in [-0.4, -0.2) is 38.5 Å². The number of alkyl carbamates (subject to hydrolysis) is 1. The number of fused-ring (bicyclic) bond motifs is 1. The topological polar surface area (TPSA) is 84.9 Å². The predicted octanol–water partition coefficient (Wildman–Crippen LogP) is 3.14. The Morgan fingerprint density at radius 3 is 2.59 bits per heavy atom. The van der Waals surface area contributed by atoms with Crippen molar-refractivity contribution in [2.45, 2.75) is 37.4 Å². The van der Waals surface area contributed by atoms with Gasteiger partial charge in [0.15, 0.2) is 6.10 Å². The zero-order valence-corrected chi connectivity index (χ0v) is 17.0. The largest absolute Gasteiger partial charge is 0.497 e. The van der Waals surface area contributed by atoms with Crippen LogP contribution in [0.25, 0.3) is 0 Å². The Morgan fingerprint density at radius 2 is 1.96 bits per heavy atom. The number of amides is 1. The average molecular weight is 411 g/mol. The quantitative estimate of drug-likeness (QED) is 0.819. The summed E-state index contributed by atoms with van der Waals surface area (Å²) in [7, 11) is -2.20. The number of nitrogens with one attached hydrogen (secondary N) is 1. The highest BCUT2D eigenvalue weighted by atomic mass is 32.2. The van der Waals surface area contributed by atoms with Gasteiger partial charge < -0.3 is 14.8 Å². The lowest BCUT2D eigenvalue weighted by molar-refractivity contribution is 0.0779. The van der Waals surface area contributed by atoms with Crippen LogP contribution < -0.4 is 10.1 Å².